The Morgan fingerprint density at radius 1 is 1.18 bits per heavy atom. The molecule has 178 valence electrons. The molecule has 1 atom stereocenters. The first-order valence-electron chi connectivity index (χ1n) is 10.8. The van der Waals surface area contributed by atoms with Gasteiger partial charge in [-0.2, -0.15) is 0 Å². The van der Waals surface area contributed by atoms with Gasteiger partial charge >= 0.3 is 0 Å². The molecule has 1 amide bonds. The summed E-state index contributed by atoms with van der Waals surface area (Å²) in [6, 6.07) is 5.33. The van der Waals surface area contributed by atoms with Crippen LogP contribution in [0.15, 0.2) is 63.8 Å². The van der Waals surface area contributed by atoms with Crippen LogP contribution in [0.3, 0.4) is 0 Å². The van der Waals surface area contributed by atoms with Gasteiger partial charge in [-0.1, -0.05) is 18.2 Å². The van der Waals surface area contributed by atoms with Crippen LogP contribution >= 0.6 is 0 Å². The fourth-order valence-electron chi connectivity index (χ4n) is 4.86. The van der Waals surface area contributed by atoms with Crippen molar-refractivity contribution in [1.82, 2.24) is 0 Å². The molecule has 0 saturated carbocycles. The molecule has 34 heavy (non-hydrogen) atoms. The normalized spacial score (nSPS) is 28.3. The van der Waals surface area contributed by atoms with E-state index in [0.29, 0.717) is 24.7 Å². The van der Waals surface area contributed by atoms with Crippen LogP contribution in [-0.2, 0) is 19.8 Å². The number of nitrogens with zero attached hydrogens (tertiary/aromatic N) is 2. The van der Waals surface area contributed by atoms with E-state index in [1.54, 1.807) is 18.2 Å². The molecule has 4 heterocycles. The number of carbonyl (C=O) groups excluding carboxylic acids is 1. The number of anilines is 1. The number of fused-ring (bicyclic) bond motifs is 3. The van der Waals surface area contributed by atoms with Crippen molar-refractivity contribution in [2.24, 2.45) is 21.1 Å². The van der Waals surface area contributed by atoms with E-state index in [0.717, 1.165) is 11.8 Å². The topological polar surface area (TPSA) is 108 Å². The molecular formula is C24H24F2N4O4. The Morgan fingerprint density at radius 2 is 1.94 bits per heavy atom. The summed E-state index contributed by atoms with van der Waals surface area (Å²) >= 11 is 0. The monoisotopic (exact) mass is 470 g/mol. The van der Waals surface area contributed by atoms with Crippen molar-refractivity contribution in [2.45, 2.75) is 31.4 Å². The highest BCUT2D eigenvalue weighted by Gasteiger charge is 2.71. The van der Waals surface area contributed by atoms with Gasteiger partial charge in [0.25, 0.3) is 18.4 Å². The second kappa shape index (κ2) is 7.76. The first kappa shape index (κ1) is 22.3. The van der Waals surface area contributed by atoms with Crippen molar-refractivity contribution in [3.8, 4) is 5.75 Å². The quantitative estimate of drug-likeness (QED) is 0.706. The van der Waals surface area contributed by atoms with Crippen LogP contribution in [0.4, 0.5) is 14.5 Å². The zero-order valence-corrected chi connectivity index (χ0v) is 18.7. The van der Waals surface area contributed by atoms with Crippen LogP contribution < -0.4 is 15.8 Å². The lowest BCUT2D eigenvalue weighted by Gasteiger charge is -2.61. The third-order valence-corrected chi connectivity index (χ3v) is 6.91. The molecule has 0 aromatic heterocycles. The van der Waals surface area contributed by atoms with Gasteiger partial charge in [-0.05, 0) is 38.1 Å². The summed E-state index contributed by atoms with van der Waals surface area (Å²) < 4.78 is 43.7. The summed E-state index contributed by atoms with van der Waals surface area (Å²) in [6.07, 6.45) is 3.92. The van der Waals surface area contributed by atoms with Crippen LogP contribution in [-0.4, -0.2) is 50.0 Å². The van der Waals surface area contributed by atoms with E-state index < -0.39 is 28.9 Å². The van der Waals surface area contributed by atoms with Crippen LogP contribution in [0.2, 0.25) is 0 Å². The molecule has 4 aliphatic rings. The summed E-state index contributed by atoms with van der Waals surface area (Å²) in [4.78, 5) is 21.5. The summed E-state index contributed by atoms with van der Waals surface area (Å²) in [5.74, 6) is 0.0651. The number of benzene rings is 1. The number of ether oxygens (including phenoxy) is 3. The molecule has 4 aliphatic heterocycles. The number of amides is 1. The van der Waals surface area contributed by atoms with Crippen molar-refractivity contribution in [2.75, 3.05) is 25.1 Å². The minimum atomic E-state index is -2.69. The maximum Gasteiger partial charge on any atom is 0.283 e. The van der Waals surface area contributed by atoms with E-state index in [-0.39, 0.29) is 23.9 Å². The Balaban J connectivity index is 1.48. The standard InChI is InChI=1S/C24H24F2N4O4/c1-22(2)23(11-32-12-23)24(13-33-21(27)30-24)16-9-15(7-8-18(16)34-22)29-20(31)17-6-4-3-5-14(10-28-17)19(25)26/h3-10,19H,11-13H2,1-2H3,(H2,27,30)(H,29,31)/b4-3+,5-3?,6-4?,14-5-,14-10?,17-6?,28-10?,28-17?. The number of nitrogens with two attached hydrogens (primary N) is 1. The average Bonchev–Trinajstić information content (AvgIpc) is 3.08. The van der Waals surface area contributed by atoms with Gasteiger partial charge in [0.2, 0.25) is 0 Å². The molecule has 1 saturated heterocycles. The van der Waals surface area contributed by atoms with Gasteiger partial charge < -0.3 is 25.3 Å². The number of rotatable bonds is 3. The maximum atomic E-state index is 13.0. The summed E-state index contributed by atoms with van der Waals surface area (Å²) in [5.41, 5.74) is 4.89. The molecular weight excluding hydrogens is 446 g/mol. The fraction of sp³-hybridized carbons (Fsp3) is 0.375. The highest BCUT2D eigenvalue weighted by molar-refractivity contribution is 6.05. The van der Waals surface area contributed by atoms with Crippen LogP contribution in [0.1, 0.15) is 19.4 Å². The molecule has 0 radical (unpaired) electrons. The van der Waals surface area contributed by atoms with E-state index in [2.05, 4.69) is 10.3 Å². The molecule has 1 aromatic rings. The summed E-state index contributed by atoms with van der Waals surface area (Å²) in [6.45, 7) is 5.06. The van der Waals surface area contributed by atoms with Gasteiger partial charge in [0, 0.05) is 23.0 Å². The van der Waals surface area contributed by atoms with E-state index >= 15 is 0 Å². The predicted molar refractivity (Wildman–Crippen MR) is 122 cm³/mol. The van der Waals surface area contributed by atoms with Crippen LogP contribution in [0.5, 0.6) is 5.75 Å². The largest absolute Gasteiger partial charge is 0.487 e. The molecule has 3 N–H and O–H groups in total. The second-order valence-electron chi connectivity index (χ2n) is 9.11. The highest BCUT2D eigenvalue weighted by atomic mass is 19.3. The van der Waals surface area contributed by atoms with E-state index in [9.17, 15) is 13.6 Å². The molecule has 1 aromatic carbocycles. The van der Waals surface area contributed by atoms with Gasteiger partial charge in [-0.25, -0.2) is 13.8 Å². The molecule has 10 heteroatoms. The summed E-state index contributed by atoms with van der Waals surface area (Å²) in [5, 5.41) is 2.79. The number of halogens is 2. The first-order chi connectivity index (χ1) is 16.2. The third-order valence-electron chi connectivity index (χ3n) is 6.91. The zero-order valence-electron chi connectivity index (χ0n) is 18.7. The SMILES string of the molecule is CC1(C)Oc2ccc(NC(=O)C3=C/C=C/C=C(\C(F)F)C=N3)cc2C2(COC(N)=N2)C12COC2. The van der Waals surface area contributed by atoms with E-state index in [1.165, 1.54) is 24.3 Å². The number of hydrogen-bond donors (Lipinski definition) is 2. The molecule has 1 unspecified atom stereocenters. The van der Waals surface area contributed by atoms with Crippen LogP contribution in [0.25, 0.3) is 0 Å². The number of allylic oxidation sites excluding steroid dienone is 5. The summed E-state index contributed by atoms with van der Waals surface area (Å²) in [7, 11) is 0. The van der Waals surface area contributed by atoms with Gasteiger partial charge in [0.1, 0.15) is 29.2 Å². The fourth-order valence-corrected chi connectivity index (χ4v) is 4.86. The van der Waals surface area contributed by atoms with E-state index in [1.807, 2.05) is 13.8 Å². The molecule has 2 spiro atoms. The zero-order chi connectivity index (χ0) is 24.1. The lowest BCUT2D eigenvalue weighted by atomic mass is 9.55. The molecule has 0 aliphatic carbocycles. The number of aliphatic imine (C=N–C) groups is 2. The maximum absolute atomic E-state index is 13.0. The Morgan fingerprint density at radius 3 is 2.59 bits per heavy atom. The first-order valence-corrected chi connectivity index (χ1v) is 10.8. The minimum Gasteiger partial charge on any atom is -0.487 e. The number of hydrogen-bond acceptors (Lipinski definition) is 7. The third kappa shape index (κ3) is 3.24. The number of carbonyl (C=O) groups is 1. The molecule has 5 rings (SSSR count). The predicted octanol–water partition coefficient (Wildman–Crippen LogP) is 3.07. The highest BCUT2D eigenvalue weighted by Crippen LogP contribution is 2.62. The average molecular weight is 470 g/mol. The van der Waals surface area contributed by atoms with Gasteiger partial charge in [-0.15, -0.1) is 0 Å². The van der Waals surface area contributed by atoms with Crippen molar-refractivity contribution in [1.29, 1.82) is 0 Å². The second-order valence-corrected chi connectivity index (χ2v) is 9.11. The Kier molecular flexibility index (Phi) is 5.09. The number of alkyl halides is 2. The van der Waals surface area contributed by atoms with Gasteiger partial charge in [0.05, 0.1) is 18.6 Å². The Bertz CT molecular complexity index is 1200. The lowest BCUT2D eigenvalue weighted by Crippen LogP contribution is -2.71. The Labute approximate surface area is 194 Å². The number of nitrogens with one attached hydrogen (secondary N) is 1. The molecule has 0 bridgehead atoms. The number of amidine groups is 1. The van der Waals surface area contributed by atoms with Crippen molar-refractivity contribution in [3.05, 3.63) is 59.3 Å². The van der Waals surface area contributed by atoms with E-state index in [4.69, 9.17) is 24.9 Å². The van der Waals surface area contributed by atoms with Crippen molar-refractivity contribution >= 4 is 23.8 Å². The van der Waals surface area contributed by atoms with Crippen molar-refractivity contribution < 1.29 is 27.8 Å². The molecule has 1 fully saturated rings. The minimum absolute atomic E-state index is 0.0114. The van der Waals surface area contributed by atoms with Gasteiger partial charge in [0.15, 0.2) is 0 Å². The van der Waals surface area contributed by atoms with Crippen molar-refractivity contribution in [3.63, 3.8) is 0 Å². The smallest absolute Gasteiger partial charge is 0.283 e. The Hall–Kier alpha value is -3.53. The molecule has 8 nitrogen and oxygen atoms in total. The van der Waals surface area contributed by atoms with Gasteiger partial charge in [-0.3, -0.25) is 9.79 Å². The van der Waals surface area contributed by atoms with Crippen LogP contribution in [0, 0.1) is 5.41 Å². The lowest BCUT2D eigenvalue weighted by molar-refractivity contribution is -0.247.